The average Bonchev–Trinajstić information content (AvgIpc) is 2.73. The van der Waals surface area contributed by atoms with Crippen molar-refractivity contribution in [2.75, 3.05) is 14.2 Å². The third-order valence-electron chi connectivity index (χ3n) is 6.02. The minimum Gasteiger partial charge on any atom is -0.507 e. The number of ketones is 2. The number of likely N-dealkylation sites (N-methyl/N-ethyl adjacent to an activating group) is 1. The number of phenols is 2. The molecule has 4 N–H and O–H groups in total. The third-order valence-corrected chi connectivity index (χ3v) is 6.02. The van der Waals surface area contributed by atoms with Gasteiger partial charge in [0, 0.05) is 23.1 Å². The number of nitrogens with one attached hydrogen (secondary N) is 1. The molecule has 8 heteroatoms. The Bertz CT molecular complexity index is 1120. The van der Waals surface area contributed by atoms with Gasteiger partial charge >= 0.3 is 0 Å². The standard InChI is InChI=1S/C21H20N2O6/c1-21(22-2)8-11-10(7-13(21)23-28)18(25)16-15(19(11)26)17(24)9-5-4-6-12(29-3)14(9)20(16)27/h4-6,22,25-26,28H,7-8H2,1-3H3. The number of phenolic OH excluding ortho intramolecular Hbond substituents is 2. The van der Waals surface area contributed by atoms with Crippen LogP contribution in [0.3, 0.4) is 0 Å². The Kier molecular flexibility index (Phi) is 4.13. The Balaban J connectivity index is 2.03. The molecule has 2 aliphatic rings. The lowest BCUT2D eigenvalue weighted by Crippen LogP contribution is -2.52. The molecule has 0 aliphatic heterocycles. The van der Waals surface area contributed by atoms with E-state index in [0.717, 1.165) is 0 Å². The first kappa shape index (κ1) is 18.9. The molecule has 0 saturated carbocycles. The largest absolute Gasteiger partial charge is 0.507 e. The van der Waals surface area contributed by atoms with Crippen molar-refractivity contribution in [1.29, 1.82) is 0 Å². The first-order valence-electron chi connectivity index (χ1n) is 9.05. The number of nitrogens with zero attached hydrogens (tertiary/aromatic N) is 1. The molecule has 2 aliphatic carbocycles. The van der Waals surface area contributed by atoms with E-state index < -0.39 is 17.1 Å². The number of ether oxygens (including phenoxy) is 1. The maximum atomic E-state index is 13.2. The molecular formula is C21H20N2O6. The van der Waals surface area contributed by atoms with Crippen LogP contribution in [0.2, 0.25) is 0 Å². The van der Waals surface area contributed by atoms with Crippen LogP contribution < -0.4 is 10.1 Å². The van der Waals surface area contributed by atoms with Crippen molar-refractivity contribution in [3.63, 3.8) is 0 Å². The number of carbonyl (C=O) groups is 2. The van der Waals surface area contributed by atoms with E-state index in [9.17, 15) is 25.0 Å². The fourth-order valence-corrected chi connectivity index (χ4v) is 4.23. The maximum absolute atomic E-state index is 13.2. The zero-order valence-electron chi connectivity index (χ0n) is 16.2. The summed E-state index contributed by atoms with van der Waals surface area (Å²) >= 11 is 0. The second-order valence-corrected chi connectivity index (χ2v) is 7.43. The van der Waals surface area contributed by atoms with E-state index in [1.54, 1.807) is 26.1 Å². The number of aromatic hydroxyl groups is 2. The minimum atomic E-state index is -0.789. The molecule has 8 nitrogen and oxygen atoms in total. The summed E-state index contributed by atoms with van der Waals surface area (Å²) < 4.78 is 5.23. The van der Waals surface area contributed by atoms with Gasteiger partial charge in [-0.25, -0.2) is 0 Å². The van der Waals surface area contributed by atoms with Crippen LogP contribution >= 0.6 is 0 Å². The van der Waals surface area contributed by atoms with E-state index >= 15 is 0 Å². The van der Waals surface area contributed by atoms with Gasteiger partial charge in [0.25, 0.3) is 0 Å². The average molecular weight is 396 g/mol. The van der Waals surface area contributed by atoms with Crippen LogP contribution in [-0.4, -0.2) is 52.4 Å². The minimum absolute atomic E-state index is 0.0100. The second-order valence-electron chi connectivity index (χ2n) is 7.43. The van der Waals surface area contributed by atoms with Gasteiger partial charge in [0.2, 0.25) is 5.78 Å². The van der Waals surface area contributed by atoms with Gasteiger partial charge in [-0.2, -0.15) is 0 Å². The van der Waals surface area contributed by atoms with Gasteiger partial charge < -0.3 is 25.5 Å². The number of fused-ring (bicyclic) bond motifs is 3. The number of hydrogen-bond donors (Lipinski definition) is 4. The van der Waals surface area contributed by atoms with Crippen LogP contribution in [0, 0.1) is 0 Å². The van der Waals surface area contributed by atoms with E-state index in [0.29, 0.717) is 11.3 Å². The highest BCUT2D eigenvalue weighted by molar-refractivity contribution is 6.31. The van der Waals surface area contributed by atoms with Crippen molar-refractivity contribution >= 4 is 17.3 Å². The smallest absolute Gasteiger partial charge is 0.202 e. The lowest BCUT2D eigenvalue weighted by Gasteiger charge is -2.37. The van der Waals surface area contributed by atoms with E-state index in [4.69, 9.17) is 4.74 Å². The molecule has 1 unspecified atom stereocenters. The summed E-state index contributed by atoms with van der Waals surface area (Å²) in [5, 5.41) is 37.8. The van der Waals surface area contributed by atoms with Crippen LogP contribution in [0.15, 0.2) is 23.4 Å². The Labute approximate surface area is 166 Å². The molecular weight excluding hydrogens is 376 g/mol. The lowest BCUT2D eigenvalue weighted by molar-refractivity contribution is 0.0971. The van der Waals surface area contributed by atoms with Gasteiger partial charge in [0.15, 0.2) is 5.78 Å². The third kappa shape index (κ3) is 2.39. The van der Waals surface area contributed by atoms with Gasteiger partial charge in [0.1, 0.15) is 17.2 Å². The monoisotopic (exact) mass is 396 g/mol. The van der Waals surface area contributed by atoms with Crippen molar-refractivity contribution in [2.45, 2.75) is 25.3 Å². The highest BCUT2D eigenvalue weighted by atomic mass is 16.5. The molecule has 150 valence electrons. The summed E-state index contributed by atoms with van der Waals surface area (Å²) in [6.45, 7) is 1.79. The Morgan fingerprint density at radius 2 is 1.72 bits per heavy atom. The van der Waals surface area contributed by atoms with Crippen LogP contribution in [0.25, 0.3) is 0 Å². The van der Waals surface area contributed by atoms with E-state index in [2.05, 4.69) is 10.5 Å². The van der Waals surface area contributed by atoms with Crippen LogP contribution in [0.1, 0.15) is 49.9 Å². The molecule has 29 heavy (non-hydrogen) atoms. The summed E-state index contributed by atoms with van der Waals surface area (Å²) in [4.78, 5) is 26.4. The van der Waals surface area contributed by atoms with Crippen molar-refractivity contribution in [3.8, 4) is 17.2 Å². The summed E-state index contributed by atoms with van der Waals surface area (Å²) in [6, 6.07) is 4.63. The normalized spacial score (nSPS) is 21.6. The van der Waals surface area contributed by atoms with Gasteiger partial charge in [0.05, 0.1) is 35.1 Å². The van der Waals surface area contributed by atoms with E-state index in [1.165, 1.54) is 13.2 Å². The Morgan fingerprint density at radius 3 is 2.34 bits per heavy atom. The van der Waals surface area contributed by atoms with Crippen molar-refractivity contribution in [3.05, 3.63) is 51.6 Å². The predicted octanol–water partition coefficient (Wildman–Crippen LogP) is 1.79. The number of rotatable bonds is 2. The zero-order chi connectivity index (χ0) is 21.1. The number of oxime groups is 1. The van der Waals surface area contributed by atoms with Crippen molar-refractivity contribution in [2.24, 2.45) is 5.16 Å². The zero-order valence-corrected chi connectivity index (χ0v) is 16.2. The molecule has 0 heterocycles. The van der Waals surface area contributed by atoms with Crippen LogP contribution in [0.4, 0.5) is 0 Å². The highest BCUT2D eigenvalue weighted by Crippen LogP contribution is 2.47. The maximum Gasteiger partial charge on any atom is 0.202 e. The SMILES string of the molecule is CNC1(C)Cc2c(O)c3c(c(O)c2CC1=NO)C(=O)c1c(OC)cccc1C3=O. The Morgan fingerprint density at radius 1 is 1.07 bits per heavy atom. The molecule has 0 bridgehead atoms. The number of methoxy groups -OCH3 is 1. The molecule has 4 rings (SSSR count). The fraction of sp³-hybridized carbons (Fsp3) is 0.286. The summed E-state index contributed by atoms with van der Waals surface area (Å²) in [6.07, 6.45) is 0.174. The predicted molar refractivity (Wildman–Crippen MR) is 104 cm³/mol. The number of hydrogen-bond acceptors (Lipinski definition) is 8. The van der Waals surface area contributed by atoms with Crippen molar-refractivity contribution < 1.29 is 29.7 Å². The lowest BCUT2D eigenvalue weighted by atomic mass is 9.72. The number of carbonyl (C=O) groups excluding carboxylic acids is 2. The van der Waals surface area contributed by atoms with Gasteiger partial charge in [-0.1, -0.05) is 17.3 Å². The van der Waals surface area contributed by atoms with Gasteiger partial charge in [-0.05, 0) is 26.5 Å². The van der Waals surface area contributed by atoms with Gasteiger partial charge in [-0.15, -0.1) is 0 Å². The molecule has 0 spiro atoms. The molecule has 0 amide bonds. The second kappa shape index (κ2) is 6.31. The van der Waals surface area contributed by atoms with E-state index in [-0.39, 0.29) is 57.9 Å². The number of benzene rings is 2. The van der Waals surface area contributed by atoms with Crippen molar-refractivity contribution in [1.82, 2.24) is 5.32 Å². The first-order chi connectivity index (χ1) is 13.8. The molecule has 1 atom stereocenters. The summed E-state index contributed by atoms with van der Waals surface area (Å²) in [7, 11) is 3.07. The quantitative estimate of drug-likeness (QED) is 0.295. The van der Waals surface area contributed by atoms with E-state index in [1.807, 2.05) is 0 Å². The Hall–Kier alpha value is -3.39. The van der Waals surface area contributed by atoms with Crippen LogP contribution in [-0.2, 0) is 12.8 Å². The molecule has 2 aromatic carbocycles. The summed E-state index contributed by atoms with van der Waals surface area (Å²) in [5.74, 6) is -1.67. The highest BCUT2D eigenvalue weighted by Gasteiger charge is 2.44. The first-order valence-corrected chi connectivity index (χ1v) is 9.05. The molecule has 0 aromatic heterocycles. The molecule has 0 saturated heterocycles. The molecule has 0 fully saturated rings. The topological polar surface area (TPSA) is 128 Å². The van der Waals surface area contributed by atoms with Gasteiger partial charge in [-0.3, -0.25) is 9.59 Å². The summed E-state index contributed by atoms with van der Waals surface area (Å²) in [5.41, 5.74) is -0.143. The van der Waals surface area contributed by atoms with Crippen LogP contribution in [0.5, 0.6) is 17.2 Å². The molecule has 2 aromatic rings. The fourth-order valence-electron chi connectivity index (χ4n) is 4.23. The molecule has 0 radical (unpaired) electrons.